The largest absolute Gasteiger partial charge is 0.449 e. The first kappa shape index (κ1) is 13.3. The molecular weight excluding hydrogens is 276 g/mol. The number of carbonyl (C=O) groups is 1. The molecule has 1 atom stereocenters. The van der Waals surface area contributed by atoms with Gasteiger partial charge in [0.25, 0.3) is 0 Å². The van der Waals surface area contributed by atoms with Crippen molar-refractivity contribution in [2.75, 3.05) is 25.0 Å². The highest BCUT2D eigenvalue weighted by molar-refractivity contribution is 6.31. The van der Waals surface area contributed by atoms with E-state index in [0.29, 0.717) is 24.1 Å². The van der Waals surface area contributed by atoms with Crippen LogP contribution in [0.5, 0.6) is 0 Å². The molecule has 1 N–H and O–H groups in total. The van der Waals surface area contributed by atoms with Crippen molar-refractivity contribution >= 4 is 29.0 Å². The summed E-state index contributed by atoms with van der Waals surface area (Å²) in [6, 6.07) is 5.82. The summed E-state index contributed by atoms with van der Waals surface area (Å²) in [6.45, 7) is 3.81. The molecule has 3 rings (SSSR count). The Kier molecular flexibility index (Phi) is 3.57. The predicted molar refractivity (Wildman–Crippen MR) is 79.8 cm³/mol. The number of halogens is 1. The molecule has 0 aliphatic carbocycles. The highest BCUT2D eigenvalue weighted by Gasteiger charge is 2.30. The average Bonchev–Trinajstić information content (AvgIpc) is 2.46. The van der Waals surface area contributed by atoms with Crippen molar-refractivity contribution in [1.82, 2.24) is 4.90 Å². The van der Waals surface area contributed by atoms with E-state index in [2.05, 4.69) is 5.32 Å². The summed E-state index contributed by atoms with van der Waals surface area (Å²) in [5.41, 5.74) is 3.35. The maximum absolute atomic E-state index is 11.9. The fourth-order valence-electron chi connectivity index (χ4n) is 2.79. The van der Waals surface area contributed by atoms with Gasteiger partial charge in [-0.2, -0.15) is 0 Å². The second-order valence-electron chi connectivity index (χ2n) is 5.03. The second-order valence-corrected chi connectivity index (χ2v) is 5.47. The van der Waals surface area contributed by atoms with Gasteiger partial charge in [0.1, 0.15) is 0 Å². The Morgan fingerprint density at radius 1 is 1.55 bits per heavy atom. The number of amides is 1. The van der Waals surface area contributed by atoms with Crippen molar-refractivity contribution in [3.05, 3.63) is 35.0 Å². The molecule has 2 heterocycles. The van der Waals surface area contributed by atoms with Gasteiger partial charge in [0.2, 0.25) is 0 Å². The number of carbonyl (C=O) groups excluding carboxylic acids is 1. The molecule has 2 aliphatic heterocycles. The van der Waals surface area contributed by atoms with Crippen LogP contribution < -0.4 is 5.32 Å². The number of hydrogen-bond donors (Lipinski definition) is 1. The highest BCUT2D eigenvalue weighted by Crippen LogP contribution is 2.39. The smallest absolute Gasteiger partial charge is 0.413 e. The second kappa shape index (κ2) is 5.37. The van der Waals surface area contributed by atoms with Crippen LogP contribution in [0.1, 0.15) is 18.9 Å². The van der Waals surface area contributed by atoms with Crippen LogP contribution in [0.2, 0.25) is 5.02 Å². The standard InChI is InChI=1S/C15H17ClN2O2/c1-2-20-15(19)18-6-5-10-8-17-14-7-11(16)3-4-12(14)13(10)9-18/h3-4,7,9-10,17H,2,5-6,8H2,1H3. The lowest BCUT2D eigenvalue weighted by Crippen LogP contribution is -2.36. The molecular formula is C15H17ClN2O2. The van der Waals surface area contributed by atoms with Crippen molar-refractivity contribution in [3.8, 4) is 0 Å². The van der Waals surface area contributed by atoms with Gasteiger partial charge in [-0.15, -0.1) is 0 Å². The molecule has 0 saturated carbocycles. The maximum atomic E-state index is 11.9. The van der Waals surface area contributed by atoms with Gasteiger partial charge < -0.3 is 10.1 Å². The Morgan fingerprint density at radius 3 is 3.20 bits per heavy atom. The Labute approximate surface area is 123 Å². The Hall–Kier alpha value is -1.68. The van der Waals surface area contributed by atoms with Crippen LogP contribution >= 0.6 is 11.6 Å². The van der Waals surface area contributed by atoms with E-state index in [-0.39, 0.29) is 6.09 Å². The zero-order valence-corrected chi connectivity index (χ0v) is 12.1. The van der Waals surface area contributed by atoms with Crippen molar-refractivity contribution in [2.45, 2.75) is 13.3 Å². The molecule has 1 aromatic rings. The van der Waals surface area contributed by atoms with Gasteiger partial charge in [-0.25, -0.2) is 4.79 Å². The van der Waals surface area contributed by atoms with Crippen molar-refractivity contribution in [1.29, 1.82) is 0 Å². The lowest BCUT2D eigenvalue weighted by atomic mass is 9.84. The van der Waals surface area contributed by atoms with Crippen LogP contribution in [0.25, 0.3) is 5.57 Å². The molecule has 2 aliphatic rings. The molecule has 0 spiro atoms. The molecule has 1 aromatic carbocycles. The Balaban J connectivity index is 1.95. The quantitative estimate of drug-likeness (QED) is 0.860. The van der Waals surface area contributed by atoms with Gasteiger partial charge in [0.05, 0.1) is 6.61 Å². The van der Waals surface area contributed by atoms with Gasteiger partial charge in [0.15, 0.2) is 0 Å². The minimum absolute atomic E-state index is 0.271. The summed E-state index contributed by atoms with van der Waals surface area (Å²) in [7, 11) is 0. The number of ether oxygens (including phenoxy) is 1. The first-order valence-electron chi connectivity index (χ1n) is 6.88. The molecule has 0 aromatic heterocycles. The average molecular weight is 293 g/mol. The lowest BCUT2D eigenvalue weighted by molar-refractivity contribution is 0.119. The van der Waals surface area contributed by atoms with Gasteiger partial charge in [-0.3, -0.25) is 4.90 Å². The van der Waals surface area contributed by atoms with E-state index in [1.165, 1.54) is 5.57 Å². The molecule has 5 heteroatoms. The monoisotopic (exact) mass is 292 g/mol. The lowest BCUT2D eigenvalue weighted by Gasteiger charge is -2.35. The van der Waals surface area contributed by atoms with Crippen molar-refractivity contribution in [3.63, 3.8) is 0 Å². The summed E-state index contributed by atoms with van der Waals surface area (Å²) in [5.74, 6) is 0.439. The third-order valence-electron chi connectivity index (χ3n) is 3.79. The van der Waals surface area contributed by atoms with Gasteiger partial charge in [-0.1, -0.05) is 17.7 Å². The predicted octanol–water partition coefficient (Wildman–Crippen LogP) is 3.58. The van der Waals surface area contributed by atoms with Crippen LogP contribution in [0.3, 0.4) is 0 Å². The van der Waals surface area contributed by atoms with Crippen LogP contribution in [0, 0.1) is 5.92 Å². The SMILES string of the molecule is CCOC(=O)N1C=C2c3ccc(Cl)cc3NCC2CC1. The molecule has 1 amide bonds. The van der Waals surface area contributed by atoms with Gasteiger partial charge >= 0.3 is 6.09 Å². The summed E-state index contributed by atoms with van der Waals surface area (Å²) in [6.07, 6.45) is 2.60. The zero-order chi connectivity index (χ0) is 14.1. The molecule has 1 unspecified atom stereocenters. The minimum Gasteiger partial charge on any atom is -0.449 e. The van der Waals surface area contributed by atoms with Crippen LogP contribution in [0.15, 0.2) is 24.4 Å². The fourth-order valence-corrected chi connectivity index (χ4v) is 2.96. The molecule has 0 fully saturated rings. The first-order chi connectivity index (χ1) is 9.69. The number of rotatable bonds is 1. The summed E-state index contributed by atoms with van der Waals surface area (Å²) >= 11 is 6.03. The zero-order valence-electron chi connectivity index (χ0n) is 11.4. The van der Waals surface area contributed by atoms with E-state index >= 15 is 0 Å². The van der Waals surface area contributed by atoms with Gasteiger partial charge in [0, 0.05) is 41.5 Å². The number of hydrogen-bond acceptors (Lipinski definition) is 3. The number of fused-ring (bicyclic) bond motifs is 3. The van der Waals surface area contributed by atoms with E-state index in [9.17, 15) is 4.79 Å². The van der Waals surface area contributed by atoms with E-state index in [1.54, 1.807) is 4.90 Å². The van der Waals surface area contributed by atoms with E-state index in [0.717, 1.165) is 24.2 Å². The topological polar surface area (TPSA) is 41.6 Å². The maximum Gasteiger partial charge on any atom is 0.413 e. The number of nitrogens with one attached hydrogen (secondary N) is 1. The third-order valence-corrected chi connectivity index (χ3v) is 4.02. The number of anilines is 1. The molecule has 20 heavy (non-hydrogen) atoms. The third kappa shape index (κ3) is 2.36. The van der Waals surface area contributed by atoms with Crippen LogP contribution in [-0.2, 0) is 4.74 Å². The molecule has 0 saturated heterocycles. The van der Waals surface area contributed by atoms with E-state index < -0.39 is 0 Å². The van der Waals surface area contributed by atoms with Crippen LogP contribution in [-0.4, -0.2) is 30.7 Å². The van der Waals surface area contributed by atoms with Crippen molar-refractivity contribution < 1.29 is 9.53 Å². The number of benzene rings is 1. The fraction of sp³-hybridized carbons (Fsp3) is 0.400. The van der Waals surface area contributed by atoms with Crippen LogP contribution in [0.4, 0.5) is 10.5 Å². The normalized spacial score (nSPS) is 20.4. The molecule has 0 bridgehead atoms. The highest BCUT2D eigenvalue weighted by atomic mass is 35.5. The summed E-state index contributed by atoms with van der Waals surface area (Å²) < 4.78 is 5.07. The molecule has 106 valence electrons. The first-order valence-corrected chi connectivity index (χ1v) is 7.25. The molecule has 4 nitrogen and oxygen atoms in total. The van der Waals surface area contributed by atoms with Crippen molar-refractivity contribution in [2.24, 2.45) is 5.92 Å². The van der Waals surface area contributed by atoms with Gasteiger partial charge in [-0.05, 0) is 31.1 Å². The Bertz CT molecular complexity index is 571. The summed E-state index contributed by atoms with van der Waals surface area (Å²) in [4.78, 5) is 13.5. The summed E-state index contributed by atoms with van der Waals surface area (Å²) in [5, 5.41) is 4.13. The molecule has 0 radical (unpaired) electrons. The van der Waals surface area contributed by atoms with E-state index in [1.807, 2.05) is 31.3 Å². The Morgan fingerprint density at radius 2 is 2.40 bits per heavy atom. The van der Waals surface area contributed by atoms with E-state index in [4.69, 9.17) is 16.3 Å². The minimum atomic E-state index is -0.271. The number of nitrogens with zero attached hydrogens (tertiary/aromatic N) is 1.